The van der Waals surface area contributed by atoms with Gasteiger partial charge in [-0.25, -0.2) is 13.4 Å². The van der Waals surface area contributed by atoms with Crippen LogP contribution in [0.4, 0.5) is 5.82 Å². The first-order chi connectivity index (χ1) is 9.07. The SMILES string of the molecule is CNc1ccc(S(=O)(=O)N2CCCC(OC)C2)cn1. The zero-order valence-corrected chi connectivity index (χ0v) is 12.0. The Morgan fingerprint density at radius 1 is 1.47 bits per heavy atom. The molecule has 6 nitrogen and oxygen atoms in total. The summed E-state index contributed by atoms with van der Waals surface area (Å²) in [6.45, 7) is 0.947. The number of pyridine rings is 1. The van der Waals surface area contributed by atoms with Crippen LogP contribution in [0.1, 0.15) is 12.8 Å². The highest BCUT2D eigenvalue weighted by Crippen LogP contribution is 2.21. The van der Waals surface area contributed by atoms with Gasteiger partial charge in [0.15, 0.2) is 0 Å². The van der Waals surface area contributed by atoms with Crippen molar-refractivity contribution >= 4 is 15.8 Å². The molecule has 1 fully saturated rings. The Bertz CT molecular complexity index is 516. The molecule has 7 heteroatoms. The number of anilines is 1. The monoisotopic (exact) mass is 285 g/mol. The van der Waals surface area contributed by atoms with Crippen molar-refractivity contribution < 1.29 is 13.2 Å². The lowest BCUT2D eigenvalue weighted by Crippen LogP contribution is -2.42. The highest BCUT2D eigenvalue weighted by molar-refractivity contribution is 7.89. The number of aromatic nitrogens is 1. The largest absolute Gasteiger partial charge is 0.380 e. The van der Waals surface area contributed by atoms with E-state index in [1.54, 1.807) is 26.3 Å². The quantitative estimate of drug-likeness (QED) is 0.891. The fourth-order valence-corrected chi connectivity index (χ4v) is 3.60. The lowest BCUT2D eigenvalue weighted by Gasteiger charge is -2.30. The third-order valence-corrected chi connectivity index (χ3v) is 5.15. The van der Waals surface area contributed by atoms with Gasteiger partial charge in [0.25, 0.3) is 0 Å². The molecule has 1 atom stereocenters. The van der Waals surface area contributed by atoms with E-state index >= 15 is 0 Å². The van der Waals surface area contributed by atoms with Gasteiger partial charge in [-0.05, 0) is 25.0 Å². The number of sulfonamides is 1. The molecule has 2 rings (SSSR count). The molecule has 19 heavy (non-hydrogen) atoms. The van der Waals surface area contributed by atoms with E-state index in [0.29, 0.717) is 18.9 Å². The van der Waals surface area contributed by atoms with Crippen LogP contribution < -0.4 is 5.32 Å². The number of ether oxygens (including phenoxy) is 1. The van der Waals surface area contributed by atoms with Crippen LogP contribution in [0.25, 0.3) is 0 Å². The van der Waals surface area contributed by atoms with Crippen LogP contribution in [-0.4, -0.2) is 51.1 Å². The maximum Gasteiger partial charge on any atom is 0.244 e. The van der Waals surface area contributed by atoms with Crippen molar-refractivity contribution in [3.8, 4) is 0 Å². The van der Waals surface area contributed by atoms with Crippen molar-refractivity contribution in [2.75, 3.05) is 32.6 Å². The molecule has 1 N–H and O–H groups in total. The second-order valence-corrected chi connectivity index (χ2v) is 6.43. The molecule has 2 heterocycles. The average molecular weight is 285 g/mol. The molecule has 0 saturated carbocycles. The number of methoxy groups -OCH3 is 1. The lowest BCUT2D eigenvalue weighted by molar-refractivity contribution is 0.0572. The summed E-state index contributed by atoms with van der Waals surface area (Å²) in [4.78, 5) is 4.27. The molecule has 106 valence electrons. The van der Waals surface area contributed by atoms with E-state index in [-0.39, 0.29) is 11.0 Å². The van der Waals surface area contributed by atoms with E-state index in [0.717, 1.165) is 12.8 Å². The van der Waals surface area contributed by atoms with Gasteiger partial charge in [-0.2, -0.15) is 4.31 Å². The topological polar surface area (TPSA) is 71.5 Å². The Hall–Kier alpha value is -1.18. The van der Waals surface area contributed by atoms with Crippen LogP contribution >= 0.6 is 0 Å². The summed E-state index contributed by atoms with van der Waals surface area (Å²) in [6, 6.07) is 3.23. The van der Waals surface area contributed by atoms with E-state index < -0.39 is 10.0 Å². The van der Waals surface area contributed by atoms with Gasteiger partial charge in [0, 0.05) is 33.4 Å². The van der Waals surface area contributed by atoms with Gasteiger partial charge in [-0.1, -0.05) is 0 Å². The summed E-state index contributed by atoms with van der Waals surface area (Å²) in [7, 11) is -0.111. The molecule has 0 spiro atoms. The van der Waals surface area contributed by atoms with Crippen molar-refractivity contribution in [2.45, 2.75) is 23.8 Å². The number of piperidine rings is 1. The minimum absolute atomic E-state index is 0.0203. The maximum atomic E-state index is 12.5. The standard InChI is InChI=1S/C12H19N3O3S/c1-13-12-6-5-11(8-14-12)19(16,17)15-7-3-4-10(9-15)18-2/h5-6,8,10H,3-4,7,9H2,1-2H3,(H,13,14). The first-order valence-corrected chi connectivity index (χ1v) is 7.68. The second kappa shape index (κ2) is 5.85. The van der Waals surface area contributed by atoms with E-state index in [4.69, 9.17) is 4.74 Å². The molecule has 0 bridgehead atoms. The number of hydrogen-bond donors (Lipinski definition) is 1. The van der Waals surface area contributed by atoms with Crippen molar-refractivity contribution in [1.29, 1.82) is 0 Å². The molecule has 1 aromatic heterocycles. The first-order valence-electron chi connectivity index (χ1n) is 6.24. The second-order valence-electron chi connectivity index (χ2n) is 4.49. The van der Waals surface area contributed by atoms with E-state index in [9.17, 15) is 8.42 Å². The molecular formula is C12H19N3O3S. The fourth-order valence-electron chi connectivity index (χ4n) is 2.15. The van der Waals surface area contributed by atoms with Crippen LogP contribution in [0, 0.1) is 0 Å². The predicted molar refractivity (Wildman–Crippen MR) is 72.6 cm³/mol. The zero-order chi connectivity index (χ0) is 13.9. The highest BCUT2D eigenvalue weighted by atomic mass is 32.2. The van der Waals surface area contributed by atoms with E-state index in [1.165, 1.54) is 10.5 Å². The summed E-state index contributed by atoms with van der Waals surface area (Å²) >= 11 is 0. The summed E-state index contributed by atoms with van der Waals surface area (Å²) in [6.07, 6.45) is 3.09. The number of hydrogen-bond acceptors (Lipinski definition) is 5. The lowest BCUT2D eigenvalue weighted by atomic mass is 10.1. The highest BCUT2D eigenvalue weighted by Gasteiger charge is 2.30. The van der Waals surface area contributed by atoms with Gasteiger partial charge < -0.3 is 10.1 Å². The normalized spacial score (nSPS) is 21.3. The third-order valence-electron chi connectivity index (χ3n) is 3.30. The number of nitrogens with zero attached hydrogens (tertiary/aromatic N) is 2. The van der Waals surface area contributed by atoms with Crippen LogP contribution in [0.3, 0.4) is 0 Å². The Morgan fingerprint density at radius 2 is 2.26 bits per heavy atom. The van der Waals surface area contributed by atoms with Crippen molar-refractivity contribution in [1.82, 2.24) is 9.29 Å². The Labute approximate surface area is 113 Å². The smallest absolute Gasteiger partial charge is 0.244 e. The van der Waals surface area contributed by atoms with E-state index in [1.807, 2.05) is 0 Å². The number of nitrogens with one attached hydrogen (secondary N) is 1. The van der Waals surface area contributed by atoms with Crippen molar-refractivity contribution in [2.24, 2.45) is 0 Å². The molecule has 0 aromatic carbocycles. The van der Waals surface area contributed by atoms with Crippen LogP contribution in [0.5, 0.6) is 0 Å². The molecule has 1 saturated heterocycles. The van der Waals surface area contributed by atoms with Gasteiger partial charge in [0.1, 0.15) is 10.7 Å². The fraction of sp³-hybridized carbons (Fsp3) is 0.583. The van der Waals surface area contributed by atoms with E-state index in [2.05, 4.69) is 10.3 Å². The van der Waals surface area contributed by atoms with Gasteiger partial charge >= 0.3 is 0 Å². The Morgan fingerprint density at radius 3 is 2.84 bits per heavy atom. The summed E-state index contributed by atoms with van der Waals surface area (Å²) in [5.74, 6) is 0.646. The summed E-state index contributed by atoms with van der Waals surface area (Å²) in [5, 5.41) is 2.86. The predicted octanol–water partition coefficient (Wildman–Crippen LogP) is 0.923. The third kappa shape index (κ3) is 3.05. The van der Waals surface area contributed by atoms with Crippen molar-refractivity contribution in [3.05, 3.63) is 18.3 Å². The molecule has 0 aliphatic carbocycles. The zero-order valence-electron chi connectivity index (χ0n) is 11.2. The van der Waals surface area contributed by atoms with Gasteiger partial charge in [0.2, 0.25) is 10.0 Å². The van der Waals surface area contributed by atoms with Crippen LogP contribution in [0.15, 0.2) is 23.2 Å². The molecule has 0 amide bonds. The molecule has 1 unspecified atom stereocenters. The summed E-state index contributed by atoms with van der Waals surface area (Å²) < 4.78 is 31.6. The molecule has 0 radical (unpaired) electrons. The molecule has 1 aliphatic rings. The molecular weight excluding hydrogens is 266 g/mol. The summed E-state index contributed by atoms with van der Waals surface area (Å²) in [5.41, 5.74) is 0. The average Bonchev–Trinajstić information content (AvgIpc) is 2.47. The molecule has 1 aromatic rings. The maximum absolute atomic E-state index is 12.5. The number of rotatable bonds is 4. The van der Waals surface area contributed by atoms with Crippen molar-refractivity contribution in [3.63, 3.8) is 0 Å². The van der Waals surface area contributed by atoms with Gasteiger partial charge in [-0.15, -0.1) is 0 Å². The molecule has 1 aliphatic heterocycles. The van der Waals surface area contributed by atoms with Gasteiger partial charge in [0.05, 0.1) is 6.10 Å². The van der Waals surface area contributed by atoms with Crippen LogP contribution in [-0.2, 0) is 14.8 Å². The Kier molecular flexibility index (Phi) is 4.38. The minimum atomic E-state index is -3.47. The van der Waals surface area contributed by atoms with Gasteiger partial charge in [-0.3, -0.25) is 0 Å². The van der Waals surface area contributed by atoms with Crippen LogP contribution in [0.2, 0.25) is 0 Å². The Balaban J connectivity index is 2.20. The minimum Gasteiger partial charge on any atom is -0.380 e. The first kappa shape index (κ1) is 14.2.